The molecule has 5 heteroatoms. The Kier molecular flexibility index (Phi) is 4.10. The average molecular weight is 311 g/mol. The second-order valence-electron chi connectivity index (χ2n) is 4.76. The van der Waals surface area contributed by atoms with Crippen molar-refractivity contribution in [1.29, 1.82) is 0 Å². The second kappa shape index (κ2) is 5.84. The summed E-state index contributed by atoms with van der Waals surface area (Å²) >= 11 is 3.64. The quantitative estimate of drug-likeness (QED) is 0.915. The van der Waals surface area contributed by atoms with Crippen molar-refractivity contribution in [1.82, 2.24) is 5.32 Å². The molecule has 2 heterocycles. The number of aryl methyl sites for hydroxylation is 1. The first-order valence-corrected chi connectivity index (χ1v) is 8.48. The Morgan fingerprint density at radius 1 is 1.30 bits per heavy atom. The van der Waals surface area contributed by atoms with E-state index < -0.39 is 11.6 Å². The first kappa shape index (κ1) is 14.0. The van der Waals surface area contributed by atoms with Crippen LogP contribution in [0, 0.1) is 11.6 Å². The summed E-state index contributed by atoms with van der Waals surface area (Å²) in [6.07, 6.45) is 1.08. The Bertz CT molecular complexity index is 601. The molecule has 0 fully saturated rings. The summed E-state index contributed by atoms with van der Waals surface area (Å²) < 4.78 is 27.4. The number of thioether (sulfide) groups is 1. The predicted molar refractivity (Wildman–Crippen MR) is 81.4 cm³/mol. The summed E-state index contributed by atoms with van der Waals surface area (Å²) in [5.41, 5.74) is 1.72. The van der Waals surface area contributed by atoms with Gasteiger partial charge in [-0.2, -0.15) is 11.8 Å². The lowest BCUT2D eigenvalue weighted by molar-refractivity contribution is 0.488. The van der Waals surface area contributed by atoms with Crippen LogP contribution in [0.2, 0.25) is 0 Å². The maximum Gasteiger partial charge on any atom is 0.163 e. The molecule has 3 rings (SSSR count). The normalized spacial score (nSPS) is 15.9. The maximum atomic E-state index is 14.0. The SMILES string of the molecule is CNC(c1cc2c(s1)CCSC2)c1cccc(F)c1F. The lowest BCUT2D eigenvalue weighted by Gasteiger charge is -2.16. The Hall–Kier alpha value is -0.910. The summed E-state index contributed by atoms with van der Waals surface area (Å²) in [6, 6.07) is 6.21. The molecule has 1 aliphatic rings. The molecule has 1 aromatic heterocycles. The number of hydrogen-bond acceptors (Lipinski definition) is 3. The molecule has 0 aliphatic carbocycles. The number of rotatable bonds is 3. The van der Waals surface area contributed by atoms with Gasteiger partial charge in [-0.15, -0.1) is 11.3 Å². The number of benzene rings is 1. The molecule has 2 aromatic rings. The minimum Gasteiger partial charge on any atom is -0.309 e. The van der Waals surface area contributed by atoms with Gasteiger partial charge in [0.15, 0.2) is 11.6 Å². The van der Waals surface area contributed by atoms with E-state index in [1.54, 1.807) is 30.5 Å². The highest BCUT2D eigenvalue weighted by Gasteiger charge is 2.23. The molecular weight excluding hydrogens is 296 g/mol. The molecule has 1 unspecified atom stereocenters. The van der Waals surface area contributed by atoms with Crippen LogP contribution in [0.3, 0.4) is 0 Å². The van der Waals surface area contributed by atoms with E-state index >= 15 is 0 Å². The third-order valence-electron chi connectivity index (χ3n) is 3.51. The van der Waals surface area contributed by atoms with Gasteiger partial charge in [0.2, 0.25) is 0 Å². The van der Waals surface area contributed by atoms with Gasteiger partial charge in [0, 0.05) is 21.1 Å². The lowest BCUT2D eigenvalue weighted by atomic mass is 10.0. The highest BCUT2D eigenvalue weighted by Crippen LogP contribution is 2.37. The van der Waals surface area contributed by atoms with E-state index in [1.807, 2.05) is 11.8 Å². The number of nitrogens with one attached hydrogen (secondary N) is 1. The fraction of sp³-hybridized carbons (Fsp3) is 0.333. The number of halogens is 2. The number of fused-ring (bicyclic) bond motifs is 1. The lowest BCUT2D eigenvalue weighted by Crippen LogP contribution is -2.18. The molecule has 0 saturated heterocycles. The molecule has 20 heavy (non-hydrogen) atoms. The molecule has 0 amide bonds. The zero-order valence-electron chi connectivity index (χ0n) is 11.1. The van der Waals surface area contributed by atoms with Crippen molar-refractivity contribution >= 4 is 23.1 Å². The van der Waals surface area contributed by atoms with Crippen LogP contribution in [0.5, 0.6) is 0 Å². The van der Waals surface area contributed by atoms with Gasteiger partial charge in [-0.3, -0.25) is 0 Å². The topological polar surface area (TPSA) is 12.0 Å². The van der Waals surface area contributed by atoms with Crippen molar-refractivity contribution < 1.29 is 8.78 Å². The monoisotopic (exact) mass is 311 g/mol. The second-order valence-corrected chi connectivity index (χ2v) is 7.04. The Morgan fingerprint density at radius 2 is 2.15 bits per heavy atom. The molecule has 1 nitrogen and oxygen atoms in total. The highest BCUT2D eigenvalue weighted by atomic mass is 32.2. The van der Waals surface area contributed by atoms with Gasteiger partial charge < -0.3 is 5.32 Å². The summed E-state index contributed by atoms with van der Waals surface area (Å²) in [5, 5.41) is 3.11. The van der Waals surface area contributed by atoms with E-state index in [-0.39, 0.29) is 6.04 Å². The first-order valence-electron chi connectivity index (χ1n) is 6.51. The highest BCUT2D eigenvalue weighted by molar-refractivity contribution is 7.98. The summed E-state index contributed by atoms with van der Waals surface area (Å²) in [6.45, 7) is 0. The van der Waals surface area contributed by atoms with Crippen molar-refractivity contribution in [2.75, 3.05) is 12.8 Å². The van der Waals surface area contributed by atoms with Gasteiger partial charge in [0.25, 0.3) is 0 Å². The van der Waals surface area contributed by atoms with Crippen molar-refractivity contribution in [3.05, 3.63) is 56.8 Å². The van der Waals surface area contributed by atoms with Crippen LogP contribution in [-0.4, -0.2) is 12.8 Å². The van der Waals surface area contributed by atoms with Crippen LogP contribution in [0.15, 0.2) is 24.3 Å². The fourth-order valence-corrected chi connectivity index (χ4v) is 5.01. The molecule has 0 bridgehead atoms. The molecular formula is C15H15F2NS2. The third kappa shape index (κ3) is 2.50. The van der Waals surface area contributed by atoms with Crippen molar-refractivity contribution in [2.45, 2.75) is 18.2 Å². The molecule has 0 spiro atoms. The molecule has 1 N–H and O–H groups in total. The van der Waals surface area contributed by atoms with E-state index in [0.29, 0.717) is 5.56 Å². The van der Waals surface area contributed by atoms with E-state index in [2.05, 4.69) is 11.4 Å². The third-order valence-corrected chi connectivity index (χ3v) is 5.82. The number of hydrogen-bond donors (Lipinski definition) is 1. The number of thiophene rings is 1. The van der Waals surface area contributed by atoms with Crippen LogP contribution in [0.25, 0.3) is 0 Å². The van der Waals surface area contributed by atoms with E-state index in [1.165, 1.54) is 10.4 Å². The van der Waals surface area contributed by atoms with E-state index in [4.69, 9.17) is 0 Å². The van der Waals surface area contributed by atoms with Gasteiger partial charge >= 0.3 is 0 Å². The van der Waals surface area contributed by atoms with Crippen molar-refractivity contribution in [3.8, 4) is 0 Å². The van der Waals surface area contributed by atoms with Crippen LogP contribution in [0.1, 0.15) is 26.9 Å². The maximum absolute atomic E-state index is 14.0. The molecule has 1 atom stereocenters. The van der Waals surface area contributed by atoms with Crippen LogP contribution >= 0.6 is 23.1 Å². The molecule has 106 valence electrons. The summed E-state index contributed by atoms with van der Waals surface area (Å²) in [7, 11) is 1.78. The van der Waals surface area contributed by atoms with Gasteiger partial charge in [-0.1, -0.05) is 12.1 Å². The first-order chi connectivity index (χ1) is 9.70. The average Bonchev–Trinajstić information content (AvgIpc) is 2.87. The van der Waals surface area contributed by atoms with Crippen molar-refractivity contribution in [2.24, 2.45) is 0 Å². The van der Waals surface area contributed by atoms with Gasteiger partial charge in [0.05, 0.1) is 6.04 Å². The molecule has 0 radical (unpaired) electrons. The van der Waals surface area contributed by atoms with Gasteiger partial charge in [-0.25, -0.2) is 8.78 Å². The molecule has 1 aromatic carbocycles. The molecule has 0 saturated carbocycles. The summed E-state index contributed by atoms with van der Waals surface area (Å²) in [4.78, 5) is 2.44. The van der Waals surface area contributed by atoms with Crippen LogP contribution in [-0.2, 0) is 12.2 Å². The van der Waals surface area contributed by atoms with Crippen molar-refractivity contribution in [3.63, 3.8) is 0 Å². The van der Waals surface area contributed by atoms with Crippen LogP contribution < -0.4 is 5.32 Å². The fourth-order valence-electron chi connectivity index (χ4n) is 2.51. The van der Waals surface area contributed by atoms with E-state index in [0.717, 1.165) is 28.9 Å². The van der Waals surface area contributed by atoms with Gasteiger partial charge in [0.1, 0.15) is 0 Å². The Labute approximate surface area is 125 Å². The molecule has 1 aliphatic heterocycles. The van der Waals surface area contributed by atoms with E-state index in [9.17, 15) is 8.78 Å². The smallest absolute Gasteiger partial charge is 0.163 e. The zero-order chi connectivity index (χ0) is 14.1. The predicted octanol–water partition coefficient (Wildman–Crippen LogP) is 4.12. The van der Waals surface area contributed by atoms with Crippen LogP contribution in [0.4, 0.5) is 8.78 Å². The standard InChI is InChI=1S/C15H15F2NS2/c1-18-15(10-3-2-4-11(16)14(10)17)13-7-9-8-19-6-5-12(9)20-13/h2-4,7,15,18H,5-6,8H2,1H3. The minimum absolute atomic E-state index is 0.286. The largest absolute Gasteiger partial charge is 0.309 e. The minimum atomic E-state index is -0.792. The Morgan fingerprint density at radius 3 is 2.90 bits per heavy atom. The zero-order valence-corrected chi connectivity index (χ0v) is 12.7. The summed E-state index contributed by atoms with van der Waals surface area (Å²) in [5.74, 6) is 0.617. The Balaban J connectivity index is 2.01. The van der Waals surface area contributed by atoms with Gasteiger partial charge in [-0.05, 0) is 36.9 Å².